The van der Waals surface area contributed by atoms with Crippen LogP contribution in [0.25, 0.3) is 0 Å². The molecular weight excluding hydrogens is 344 g/mol. The Kier molecular flexibility index (Phi) is 5.95. The van der Waals surface area contributed by atoms with Gasteiger partial charge in [-0.3, -0.25) is 14.5 Å². The summed E-state index contributed by atoms with van der Waals surface area (Å²) in [5.74, 6) is 1.29. The maximum Gasteiger partial charge on any atom is 0.251 e. The number of amides is 1. The number of hydrogen-bond donors (Lipinski definition) is 3. The average molecular weight is 370 g/mol. The second kappa shape index (κ2) is 8.57. The first kappa shape index (κ1) is 18.8. The Balaban J connectivity index is 1.43. The number of aromatic hydroxyl groups is 1. The largest absolute Gasteiger partial charge is 0.508 e. The van der Waals surface area contributed by atoms with Gasteiger partial charge in [-0.1, -0.05) is 0 Å². The van der Waals surface area contributed by atoms with E-state index in [1.807, 2.05) is 17.9 Å². The van der Waals surface area contributed by atoms with E-state index in [-0.39, 0.29) is 11.7 Å². The standard InChI is InChI=1S/C19H26N6O2/c1-20-19(25-10-7-15(13-25)16-11-23-24(2)12-16)22-9-8-21-18(27)14-3-5-17(26)6-4-14/h3-6,11-12,15,26H,7-10,13H2,1-2H3,(H,20,22)(H,21,27). The molecule has 2 heterocycles. The first-order valence-corrected chi connectivity index (χ1v) is 9.08. The first-order valence-electron chi connectivity index (χ1n) is 9.08. The molecule has 1 fully saturated rings. The Morgan fingerprint density at radius 3 is 2.70 bits per heavy atom. The fraction of sp³-hybridized carbons (Fsp3) is 0.421. The van der Waals surface area contributed by atoms with Crippen LogP contribution in [0.3, 0.4) is 0 Å². The van der Waals surface area contributed by atoms with Crippen LogP contribution >= 0.6 is 0 Å². The molecule has 1 aromatic heterocycles. The molecule has 1 aliphatic heterocycles. The smallest absolute Gasteiger partial charge is 0.251 e. The Morgan fingerprint density at radius 1 is 1.30 bits per heavy atom. The number of guanidine groups is 1. The highest BCUT2D eigenvalue weighted by atomic mass is 16.3. The van der Waals surface area contributed by atoms with E-state index in [1.54, 1.807) is 19.2 Å². The monoisotopic (exact) mass is 370 g/mol. The lowest BCUT2D eigenvalue weighted by molar-refractivity contribution is 0.0954. The number of hydrogen-bond acceptors (Lipinski definition) is 4. The number of rotatable bonds is 5. The third-order valence-electron chi connectivity index (χ3n) is 4.72. The van der Waals surface area contributed by atoms with Crippen LogP contribution < -0.4 is 10.6 Å². The number of phenolic OH excluding ortho intramolecular Hbond substituents is 1. The Bertz CT molecular complexity index is 799. The molecule has 1 unspecified atom stereocenters. The Morgan fingerprint density at radius 2 is 2.04 bits per heavy atom. The van der Waals surface area contributed by atoms with Crippen LogP contribution in [0.15, 0.2) is 41.7 Å². The second-order valence-electron chi connectivity index (χ2n) is 6.66. The lowest BCUT2D eigenvalue weighted by Crippen LogP contribution is -2.43. The molecule has 1 aliphatic rings. The quantitative estimate of drug-likeness (QED) is 0.413. The molecule has 0 spiro atoms. The summed E-state index contributed by atoms with van der Waals surface area (Å²) in [5.41, 5.74) is 1.78. The van der Waals surface area contributed by atoms with Crippen LogP contribution in [0.4, 0.5) is 0 Å². The number of carbonyl (C=O) groups is 1. The molecule has 3 rings (SSSR count). The molecule has 2 aromatic rings. The summed E-state index contributed by atoms with van der Waals surface area (Å²) >= 11 is 0. The van der Waals surface area contributed by atoms with Crippen LogP contribution in [-0.4, -0.2) is 64.9 Å². The minimum absolute atomic E-state index is 0.146. The van der Waals surface area contributed by atoms with Gasteiger partial charge >= 0.3 is 0 Å². The zero-order valence-electron chi connectivity index (χ0n) is 15.7. The average Bonchev–Trinajstić information content (AvgIpc) is 3.31. The number of carbonyl (C=O) groups excluding carboxylic acids is 1. The van der Waals surface area contributed by atoms with E-state index >= 15 is 0 Å². The van der Waals surface area contributed by atoms with Crippen molar-refractivity contribution in [2.45, 2.75) is 12.3 Å². The molecule has 0 bridgehead atoms. The van der Waals surface area contributed by atoms with E-state index in [2.05, 4.69) is 31.8 Å². The van der Waals surface area contributed by atoms with Gasteiger partial charge in [0.2, 0.25) is 0 Å². The number of likely N-dealkylation sites (tertiary alicyclic amines) is 1. The van der Waals surface area contributed by atoms with Crippen molar-refractivity contribution in [1.29, 1.82) is 0 Å². The van der Waals surface area contributed by atoms with Gasteiger partial charge in [0.1, 0.15) is 5.75 Å². The summed E-state index contributed by atoms with van der Waals surface area (Å²) in [4.78, 5) is 18.7. The van der Waals surface area contributed by atoms with E-state index in [4.69, 9.17) is 0 Å². The number of benzene rings is 1. The maximum absolute atomic E-state index is 12.1. The predicted molar refractivity (Wildman–Crippen MR) is 104 cm³/mol. The van der Waals surface area contributed by atoms with Gasteiger partial charge in [-0.05, 0) is 36.2 Å². The summed E-state index contributed by atoms with van der Waals surface area (Å²) in [6, 6.07) is 6.20. The van der Waals surface area contributed by atoms with Gasteiger partial charge in [0.15, 0.2) is 5.96 Å². The number of aromatic nitrogens is 2. The zero-order chi connectivity index (χ0) is 19.2. The third kappa shape index (κ3) is 4.78. The maximum atomic E-state index is 12.1. The number of aliphatic imine (C=N–C) groups is 1. The van der Waals surface area contributed by atoms with Crippen molar-refractivity contribution in [2.75, 3.05) is 33.2 Å². The molecule has 8 nitrogen and oxygen atoms in total. The Hall–Kier alpha value is -3.03. The molecule has 1 atom stereocenters. The number of phenols is 1. The molecule has 1 amide bonds. The van der Waals surface area contributed by atoms with Crippen LogP contribution in [0.1, 0.15) is 28.3 Å². The number of aryl methyl sites for hydroxylation is 1. The van der Waals surface area contributed by atoms with E-state index in [0.717, 1.165) is 25.5 Å². The lowest BCUT2D eigenvalue weighted by atomic mass is 10.0. The predicted octanol–water partition coefficient (Wildman–Crippen LogP) is 0.920. The molecule has 3 N–H and O–H groups in total. The van der Waals surface area contributed by atoms with Crippen molar-refractivity contribution in [3.05, 3.63) is 47.8 Å². The van der Waals surface area contributed by atoms with Crippen molar-refractivity contribution >= 4 is 11.9 Å². The lowest BCUT2D eigenvalue weighted by Gasteiger charge is -2.21. The Labute approximate surface area is 158 Å². The minimum atomic E-state index is -0.162. The molecular formula is C19H26N6O2. The van der Waals surface area contributed by atoms with Crippen molar-refractivity contribution in [2.24, 2.45) is 12.0 Å². The summed E-state index contributed by atoms with van der Waals surface area (Å²) < 4.78 is 1.84. The van der Waals surface area contributed by atoms with E-state index in [1.165, 1.54) is 17.7 Å². The van der Waals surface area contributed by atoms with Gasteiger partial charge in [0, 0.05) is 58.0 Å². The fourth-order valence-corrected chi connectivity index (χ4v) is 3.27. The van der Waals surface area contributed by atoms with E-state index < -0.39 is 0 Å². The van der Waals surface area contributed by atoms with Gasteiger partial charge in [-0.2, -0.15) is 5.10 Å². The van der Waals surface area contributed by atoms with Crippen molar-refractivity contribution in [1.82, 2.24) is 25.3 Å². The van der Waals surface area contributed by atoms with Crippen LogP contribution in [0, 0.1) is 0 Å². The van der Waals surface area contributed by atoms with Gasteiger partial charge in [0.25, 0.3) is 5.91 Å². The van der Waals surface area contributed by atoms with E-state index in [0.29, 0.717) is 24.6 Å². The van der Waals surface area contributed by atoms with Crippen molar-refractivity contribution in [3.63, 3.8) is 0 Å². The summed E-state index contributed by atoms with van der Waals surface area (Å²) in [7, 11) is 3.71. The third-order valence-corrected chi connectivity index (χ3v) is 4.72. The van der Waals surface area contributed by atoms with E-state index in [9.17, 15) is 9.90 Å². The highest BCUT2D eigenvalue weighted by molar-refractivity contribution is 5.94. The normalized spacial score (nSPS) is 17.2. The van der Waals surface area contributed by atoms with Gasteiger partial charge in [-0.15, -0.1) is 0 Å². The molecule has 0 aliphatic carbocycles. The summed E-state index contributed by atoms with van der Waals surface area (Å²) in [6.07, 6.45) is 5.08. The molecule has 0 radical (unpaired) electrons. The minimum Gasteiger partial charge on any atom is -0.508 e. The molecule has 8 heteroatoms. The molecule has 0 saturated carbocycles. The second-order valence-corrected chi connectivity index (χ2v) is 6.66. The van der Waals surface area contributed by atoms with Crippen LogP contribution in [0.5, 0.6) is 5.75 Å². The number of nitrogens with one attached hydrogen (secondary N) is 2. The molecule has 27 heavy (non-hydrogen) atoms. The van der Waals surface area contributed by atoms with Crippen LogP contribution in [-0.2, 0) is 7.05 Å². The fourth-order valence-electron chi connectivity index (χ4n) is 3.27. The molecule has 1 saturated heterocycles. The number of nitrogens with zero attached hydrogens (tertiary/aromatic N) is 4. The highest BCUT2D eigenvalue weighted by Gasteiger charge is 2.26. The summed E-state index contributed by atoms with van der Waals surface area (Å²) in [6.45, 7) is 2.92. The molecule has 144 valence electrons. The summed E-state index contributed by atoms with van der Waals surface area (Å²) in [5, 5.41) is 19.7. The topological polar surface area (TPSA) is 94.8 Å². The highest BCUT2D eigenvalue weighted by Crippen LogP contribution is 2.26. The van der Waals surface area contributed by atoms with Crippen molar-refractivity contribution in [3.8, 4) is 5.75 Å². The van der Waals surface area contributed by atoms with Gasteiger partial charge in [-0.25, -0.2) is 0 Å². The SMILES string of the molecule is CN=C(NCCNC(=O)c1ccc(O)cc1)N1CCC(c2cnn(C)c2)C1. The van der Waals surface area contributed by atoms with Crippen molar-refractivity contribution < 1.29 is 9.90 Å². The first-order chi connectivity index (χ1) is 13.1. The van der Waals surface area contributed by atoms with Gasteiger partial charge in [0.05, 0.1) is 6.20 Å². The zero-order valence-corrected chi connectivity index (χ0v) is 15.7. The van der Waals surface area contributed by atoms with Gasteiger partial charge < -0.3 is 20.6 Å². The van der Waals surface area contributed by atoms with Crippen LogP contribution in [0.2, 0.25) is 0 Å². The molecule has 1 aromatic carbocycles.